The third-order valence-corrected chi connectivity index (χ3v) is 8.92. The number of carbonyl (C=O) groups excluding carboxylic acids is 4. The van der Waals surface area contributed by atoms with E-state index in [0.29, 0.717) is 35.9 Å². The third kappa shape index (κ3) is 9.11. The summed E-state index contributed by atoms with van der Waals surface area (Å²) in [6.45, 7) is 0.305. The molecule has 4 atom stereocenters. The van der Waals surface area contributed by atoms with Crippen molar-refractivity contribution in [2.75, 3.05) is 13.7 Å². The van der Waals surface area contributed by atoms with Gasteiger partial charge in [0, 0.05) is 42.0 Å². The van der Waals surface area contributed by atoms with Gasteiger partial charge in [-0.3, -0.25) is 19.2 Å². The number of H-pyrrole nitrogens is 1. The van der Waals surface area contributed by atoms with E-state index in [2.05, 4.69) is 20.6 Å². The second kappa shape index (κ2) is 16.2. The monoisotopic (exact) mass is 700 g/mol. The summed E-state index contributed by atoms with van der Waals surface area (Å²) in [7, 11) is 1.56. The molecule has 2 heterocycles. The lowest BCUT2D eigenvalue weighted by Gasteiger charge is -2.29. The number of aromatic amines is 1. The van der Waals surface area contributed by atoms with Crippen LogP contribution in [0, 0.1) is 0 Å². The number of hydrogen-bond acceptors (Lipinski definition) is 6. The SMILES string of the molecule is COc1ccc(C[C@H](N=C(N)N)C(=O)N2CCCC2C(=O)N[C@@H](Cc2cc3ccccc3[nH]2)C(=O)N[C@@H](Cc2ccc(Cl)cc2)C(N)=O)cc1. The predicted octanol–water partition coefficient (Wildman–Crippen LogP) is 1.95. The van der Waals surface area contributed by atoms with Crippen molar-refractivity contribution in [2.45, 2.75) is 56.3 Å². The number of rotatable bonds is 14. The largest absolute Gasteiger partial charge is 0.497 e. The van der Waals surface area contributed by atoms with Gasteiger partial charge < -0.3 is 42.5 Å². The number of ether oxygens (including phenoxy) is 1. The number of guanidine groups is 1. The second-order valence-corrected chi connectivity index (χ2v) is 12.7. The molecule has 1 aromatic heterocycles. The topological polar surface area (TPSA) is 211 Å². The molecule has 4 amide bonds. The van der Waals surface area contributed by atoms with Crippen molar-refractivity contribution in [2.24, 2.45) is 22.2 Å². The van der Waals surface area contributed by atoms with E-state index in [0.717, 1.165) is 22.0 Å². The number of carbonyl (C=O) groups is 4. The van der Waals surface area contributed by atoms with Crippen molar-refractivity contribution >= 4 is 52.1 Å². The van der Waals surface area contributed by atoms with E-state index in [9.17, 15) is 19.2 Å². The van der Waals surface area contributed by atoms with Gasteiger partial charge in [0.2, 0.25) is 23.6 Å². The Hall–Kier alpha value is -5.56. The number of nitrogens with one attached hydrogen (secondary N) is 3. The molecule has 9 N–H and O–H groups in total. The van der Waals surface area contributed by atoms with Gasteiger partial charge in [-0.05, 0) is 65.8 Å². The number of nitrogens with zero attached hydrogens (tertiary/aromatic N) is 2. The standard InChI is InChI=1S/C36H41ClN8O5/c1-50-26-14-10-22(11-15-26)18-30(44-36(39)40)35(49)45-16-4-7-31(45)34(48)43-29(20-25-19-23-5-2-3-6-27(23)41-25)33(47)42-28(32(38)46)17-21-8-12-24(37)13-9-21/h2-3,5-6,8-15,19,28-31,41H,4,7,16-18,20H2,1H3,(H2,38,46)(H,42,47)(H,43,48)(H4,39,40,44)/t28-,29-,30-,31?/m0/s1. The molecule has 13 nitrogen and oxygen atoms in total. The Morgan fingerprint density at radius 3 is 2.26 bits per heavy atom. The number of aliphatic imine (C=N–C) groups is 1. The number of amides is 4. The maximum atomic E-state index is 14.0. The third-order valence-electron chi connectivity index (χ3n) is 8.67. The summed E-state index contributed by atoms with van der Waals surface area (Å²) in [5.74, 6) is -1.88. The van der Waals surface area contributed by atoms with Gasteiger partial charge in [-0.1, -0.05) is 54.1 Å². The fourth-order valence-corrected chi connectivity index (χ4v) is 6.27. The minimum absolute atomic E-state index is 0.0768. The summed E-state index contributed by atoms with van der Waals surface area (Å²) in [6.07, 6.45) is 1.32. The van der Waals surface area contributed by atoms with Crippen LogP contribution < -0.4 is 32.6 Å². The van der Waals surface area contributed by atoms with Crippen molar-refractivity contribution in [1.29, 1.82) is 0 Å². The molecule has 262 valence electrons. The Kier molecular flexibility index (Phi) is 11.6. The lowest BCUT2D eigenvalue weighted by atomic mass is 10.0. The molecule has 14 heteroatoms. The molecule has 0 bridgehead atoms. The number of benzene rings is 3. The van der Waals surface area contributed by atoms with Crippen molar-refractivity contribution in [3.05, 3.63) is 101 Å². The van der Waals surface area contributed by atoms with E-state index in [1.807, 2.05) is 42.5 Å². The Morgan fingerprint density at radius 1 is 0.920 bits per heavy atom. The zero-order valence-electron chi connectivity index (χ0n) is 27.6. The number of nitrogens with two attached hydrogens (primary N) is 3. The molecule has 3 aromatic carbocycles. The number of aromatic nitrogens is 1. The van der Waals surface area contributed by atoms with Crippen LogP contribution in [0.4, 0.5) is 0 Å². The van der Waals surface area contributed by atoms with E-state index < -0.39 is 47.8 Å². The highest BCUT2D eigenvalue weighted by Gasteiger charge is 2.39. The Bertz CT molecular complexity index is 1820. The van der Waals surface area contributed by atoms with E-state index in [-0.39, 0.29) is 25.2 Å². The maximum Gasteiger partial charge on any atom is 0.248 e. The van der Waals surface area contributed by atoms with E-state index in [4.69, 9.17) is 33.5 Å². The Balaban J connectivity index is 1.36. The highest BCUT2D eigenvalue weighted by atomic mass is 35.5. The quantitative estimate of drug-likeness (QED) is 0.0849. The normalized spacial score (nSPS) is 15.9. The molecule has 0 spiro atoms. The number of fused-ring (bicyclic) bond motifs is 1. The summed E-state index contributed by atoms with van der Waals surface area (Å²) in [6, 6.07) is 19.5. The first-order chi connectivity index (χ1) is 24.0. The summed E-state index contributed by atoms with van der Waals surface area (Å²) in [5.41, 5.74) is 20.2. The van der Waals surface area contributed by atoms with Gasteiger partial charge in [-0.2, -0.15) is 0 Å². The first-order valence-electron chi connectivity index (χ1n) is 16.2. The van der Waals surface area contributed by atoms with Crippen LogP contribution in [-0.4, -0.2) is 77.3 Å². The van der Waals surface area contributed by atoms with Crippen LogP contribution in [-0.2, 0) is 38.4 Å². The molecule has 1 fully saturated rings. The average molecular weight is 701 g/mol. The van der Waals surface area contributed by atoms with Crippen molar-refractivity contribution < 1.29 is 23.9 Å². The minimum Gasteiger partial charge on any atom is -0.497 e. The van der Waals surface area contributed by atoms with Crippen molar-refractivity contribution in [3.63, 3.8) is 0 Å². The van der Waals surface area contributed by atoms with Crippen LogP contribution in [0.25, 0.3) is 10.9 Å². The molecule has 0 radical (unpaired) electrons. The molecule has 1 aliphatic heterocycles. The lowest BCUT2D eigenvalue weighted by molar-refractivity contribution is -0.140. The highest BCUT2D eigenvalue weighted by Crippen LogP contribution is 2.23. The van der Waals surface area contributed by atoms with Crippen LogP contribution in [0.3, 0.4) is 0 Å². The molecular weight excluding hydrogens is 660 g/mol. The second-order valence-electron chi connectivity index (χ2n) is 12.3. The van der Waals surface area contributed by atoms with Crippen LogP contribution in [0.2, 0.25) is 5.02 Å². The fraction of sp³-hybridized carbons (Fsp3) is 0.306. The summed E-state index contributed by atoms with van der Waals surface area (Å²) < 4.78 is 5.23. The van der Waals surface area contributed by atoms with Crippen LogP contribution >= 0.6 is 11.6 Å². The first kappa shape index (κ1) is 35.7. The highest BCUT2D eigenvalue weighted by molar-refractivity contribution is 6.30. The van der Waals surface area contributed by atoms with Gasteiger partial charge in [0.15, 0.2) is 5.96 Å². The maximum absolute atomic E-state index is 14.0. The molecule has 5 rings (SSSR count). The molecule has 0 saturated carbocycles. The van der Waals surface area contributed by atoms with Crippen LogP contribution in [0.5, 0.6) is 5.75 Å². The minimum atomic E-state index is -1.12. The molecular formula is C36H41ClN8O5. The van der Waals surface area contributed by atoms with Crippen LogP contribution in [0.15, 0.2) is 83.9 Å². The number of halogens is 1. The van der Waals surface area contributed by atoms with Crippen molar-refractivity contribution in [1.82, 2.24) is 20.5 Å². The van der Waals surface area contributed by atoms with Gasteiger partial charge in [0.25, 0.3) is 0 Å². The lowest BCUT2D eigenvalue weighted by Crippen LogP contribution is -2.57. The molecule has 0 aliphatic carbocycles. The fourth-order valence-electron chi connectivity index (χ4n) is 6.14. The van der Waals surface area contributed by atoms with E-state index in [1.54, 1.807) is 43.5 Å². The zero-order chi connectivity index (χ0) is 35.8. The first-order valence-corrected chi connectivity index (χ1v) is 16.6. The van der Waals surface area contributed by atoms with Gasteiger partial charge in [-0.25, -0.2) is 4.99 Å². The smallest absolute Gasteiger partial charge is 0.248 e. The van der Waals surface area contributed by atoms with Crippen LogP contribution in [0.1, 0.15) is 29.7 Å². The number of para-hydroxylation sites is 1. The molecule has 1 unspecified atom stereocenters. The number of methoxy groups -OCH3 is 1. The van der Waals surface area contributed by atoms with Gasteiger partial charge in [0.1, 0.15) is 29.9 Å². The van der Waals surface area contributed by atoms with E-state index >= 15 is 0 Å². The predicted molar refractivity (Wildman–Crippen MR) is 191 cm³/mol. The molecule has 50 heavy (non-hydrogen) atoms. The Labute approximate surface area is 294 Å². The van der Waals surface area contributed by atoms with Crippen molar-refractivity contribution in [3.8, 4) is 5.75 Å². The molecule has 1 aliphatic rings. The van der Waals surface area contributed by atoms with Gasteiger partial charge in [0.05, 0.1) is 7.11 Å². The Morgan fingerprint density at radius 2 is 1.60 bits per heavy atom. The van der Waals surface area contributed by atoms with Gasteiger partial charge in [-0.15, -0.1) is 0 Å². The van der Waals surface area contributed by atoms with Gasteiger partial charge >= 0.3 is 0 Å². The number of hydrogen-bond donors (Lipinski definition) is 6. The zero-order valence-corrected chi connectivity index (χ0v) is 28.4. The molecule has 1 saturated heterocycles. The average Bonchev–Trinajstić information content (AvgIpc) is 3.75. The summed E-state index contributed by atoms with van der Waals surface area (Å²) in [4.78, 5) is 63.1. The number of likely N-dealkylation sites (tertiary alicyclic amines) is 1. The summed E-state index contributed by atoms with van der Waals surface area (Å²) >= 11 is 6.01. The summed E-state index contributed by atoms with van der Waals surface area (Å²) in [5, 5.41) is 7.05. The number of primary amides is 1. The molecule has 4 aromatic rings. The van der Waals surface area contributed by atoms with E-state index in [1.165, 1.54) is 4.90 Å².